The largest absolute Gasteiger partial charge is 0.311 e. The second kappa shape index (κ2) is 5.14. The van der Waals surface area contributed by atoms with E-state index in [0.29, 0.717) is 6.04 Å². The Morgan fingerprint density at radius 3 is 3.08 bits per heavy atom. The average molecular weight is 196 g/mol. The number of rotatable bonds is 4. The van der Waals surface area contributed by atoms with Crippen LogP contribution in [0, 0.1) is 0 Å². The third kappa shape index (κ3) is 3.28. The lowest BCUT2D eigenvalue weighted by atomic mass is 10.1. The Labute approximate surface area is 83.7 Å². The third-order valence-electron chi connectivity index (χ3n) is 2.00. The monoisotopic (exact) mass is 196 g/mol. The number of hydrogen-bond acceptors (Lipinski definition) is 3. The molecule has 0 saturated heterocycles. The van der Waals surface area contributed by atoms with Crippen molar-refractivity contribution in [3.8, 4) is 0 Å². The Morgan fingerprint density at radius 1 is 1.77 bits per heavy atom. The molecule has 3 heteroatoms. The Bertz CT molecular complexity index is 264. The average Bonchev–Trinajstić information content (AvgIpc) is 2.57. The fourth-order valence-corrected chi connectivity index (χ4v) is 1.73. The lowest BCUT2D eigenvalue weighted by molar-refractivity contribution is 0.636. The van der Waals surface area contributed by atoms with Gasteiger partial charge < -0.3 is 5.32 Å². The van der Waals surface area contributed by atoms with Gasteiger partial charge in [-0.25, -0.2) is 4.98 Å². The highest BCUT2D eigenvalue weighted by atomic mass is 32.1. The minimum absolute atomic E-state index is 0.439. The highest BCUT2D eigenvalue weighted by Crippen LogP contribution is 2.11. The molecule has 0 aliphatic carbocycles. The summed E-state index contributed by atoms with van der Waals surface area (Å²) in [7, 11) is 0. The Hall–Kier alpha value is -0.670. The summed E-state index contributed by atoms with van der Waals surface area (Å²) < 4.78 is 0. The van der Waals surface area contributed by atoms with Crippen LogP contribution in [0.3, 0.4) is 0 Å². The molecule has 72 valence electrons. The van der Waals surface area contributed by atoms with Gasteiger partial charge in [0.2, 0.25) is 0 Å². The van der Waals surface area contributed by atoms with Crippen LogP contribution in [-0.4, -0.2) is 17.6 Å². The number of likely N-dealkylation sites (N-methyl/N-ethyl adjacent to an activating group) is 1. The number of nitrogens with zero attached hydrogens (tertiary/aromatic N) is 1. The molecule has 0 aliphatic rings. The first-order valence-corrected chi connectivity index (χ1v) is 5.43. The van der Waals surface area contributed by atoms with Crippen molar-refractivity contribution in [2.45, 2.75) is 26.8 Å². The van der Waals surface area contributed by atoms with Gasteiger partial charge >= 0.3 is 0 Å². The van der Waals surface area contributed by atoms with Crippen LogP contribution in [0.25, 0.3) is 6.08 Å². The molecule has 0 saturated carbocycles. The zero-order valence-electron chi connectivity index (χ0n) is 8.37. The van der Waals surface area contributed by atoms with E-state index in [1.165, 1.54) is 5.57 Å². The van der Waals surface area contributed by atoms with Gasteiger partial charge in [-0.2, -0.15) is 0 Å². The molecule has 0 spiro atoms. The number of aromatic nitrogens is 1. The van der Waals surface area contributed by atoms with E-state index < -0.39 is 0 Å². The fourth-order valence-electron chi connectivity index (χ4n) is 1.09. The van der Waals surface area contributed by atoms with Crippen molar-refractivity contribution in [1.29, 1.82) is 0 Å². The molecule has 1 aromatic rings. The molecule has 0 bridgehead atoms. The zero-order valence-corrected chi connectivity index (χ0v) is 9.19. The number of nitrogens with one attached hydrogen (secondary N) is 1. The molecule has 1 atom stereocenters. The van der Waals surface area contributed by atoms with Crippen molar-refractivity contribution in [3.05, 3.63) is 22.2 Å². The van der Waals surface area contributed by atoms with Crippen LogP contribution < -0.4 is 5.32 Å². The van der Waals surface area contributed by atoms with Gasteiger partial charge in [0, 0.05) is 17.6 Å². The zero-order chi connectivity index (χ0) is 9.68. The minimum atomic E-state index is 0.439. The Balaban J connectivity index is 2.60. The van der Waals surface area contributed by atoms with E-state index in [0.717, 1.165) is 11.6 Å². The lowest BCUT2D eigenvalue weighted by Gasteiger charge is -2.11. The summed E-state index contributed by atoms with van der Waals surface area (Å²) in [6.07, 6.45) is 3.97. The molecular weight excluding hydrogens is 180 g/mol. The van der Waals surface area contributed by atoms with Crippen LogP contribution in [0.1, 0.15) is 25.8 Å². The molecule has 1 unspecified atom stereocenters. The van der Waals surface area contributed by atoms with Crippen LogP contribution in [0.4, 0.5) is 0 Å². The van der Waals surface area contributed by atoms with Gasteiger partial charge in [-0.15, -0.1) is 11.3 Å². The standard InChI is InChI=1S/C10H16N2S/c1-4-11-9(3)8(2)7-10-12-5-6-13-10/h5-7,9,11H,4H2,1-3H3/b8-7+. The van der Waals surface area contributed by atoms with E-state index in [1.807, 2.05) is 11.6 Å². The number of hydrogen-bond donors (Lipinski definition) is 1. The van der Waals surface area contributed by atoms with E-state index in [4.69, 9.17) is 0 Å². The van der Waals surface area contributed by atoms with Crippen LogP contribution in [-0.2, 0) is 0 Å². The van der Waals surface area contributed by atoms with Crippen molar-refractivity contribution >= 4 is 17.4 Å². The van der Waals surface area contributed by atoms with Gasteiger partial charge in [0.05, 0.1) is 0 Å². The molecule has 1 N–H and O–H groups in total. The van der Waals surface area contributed by atoms with Crippen molar-refractivity contribution in [2.24, 2.45) is 0 Å². The van der Waals surface area contributed by atoms with E-state index in [1.54, 1.807) is 11.3 Å². The molecule has 0 aromatic carbocycles. The predicted octanol–water partition coefficient (Wildman–Crippen LogP) is 2.54. The lowest BCUT2D eigenvalue weighted by Crippen LogP contribution is -2.26. The van der Waals surface area contributed by atoms with E-state index in [-0.39, 0.29) is 0 Å². The van der Waals surface area contributed by atoms with Crippen LogP contribution in [0.2, 0.25) is 0 Å². The molecule has 1 aromatic heterocycles. The van der Waals surface area contributed by atoms with Crippen molar-refractivity contribution in [1.82, 2.24) is 10.3 Å². The summed E-state index contributed by atoms with van der Waals surface area (Å²) in [6, 6.07) is 0.439. The topological polar surface area (TPSA) is 24.9 Å². The van der Waals surface area contributed by atoms with Crippen LogP contribution in [0.15, 0.2) is 17.2 Å². The van der Waals surface area contributed by atoms with Gasteiger partial charge in [-0.3, -0.25) is 0 Å². The molecule has 1 rings (SSSR count). The summed E-state index contributed by atoms with van der Waals surface area (Å²) in [6.45, 7) is 7.43. The van der Waals surface area contributed by atoms with Gasteiger partial charge in [-0.1, -0.05) is 12.5 Å². The van der Waals surface area contributed by atoms with E-state index >= 15 is 0 Å². The molecule has 0 aliphatic heterocycles. The first kappa shape index (κ1) is 10.4. The fraction of sp³-hybridized carbons (Fsp3) is 0.500. The Morgan fingerprint density at radius 2 is 2.54 bits per heavy atom. The smallest absolute Gasteiger partial charge is 0.115 e. The summed E-state index contributed by atoms with van der Waals surface area (Å²) in [4.78, 5) is 4.21. The second-order valence-corrected chi connectivity index (χ2v) is 3.96. The Kier molecular flexibility index (Phi) is 4.12. The summed E-state index contributed by atoms with van der Waals surface area (Å²) in [5.41, 5.74) is 1.33. The second-order valence-electron chi connectivity index (χ2n) is 3.04. The van der Waals surface area contributed by atoms with Gasteiger partial charge in [0.25, 0.3) is 0 Å². The van der Waals surface area contributed by atoms with Crippen molar-refractivity contribution in [2.75, 3.05) is 6.54 Å². The summed E-state index contributed by atoms with van der Waals surface area (Å²) in [5.74, 6) is 0. The summed E-state index contributed by atoms with van der Waals surface area (Å²) >= 11 is 1.67. The highest BCUT2D eigenvalue weighted by molar-refractivity contribution is 7.10. The number of thiazole rings is 1. The highest BCUT2D eigenvalue weighted by Gasteiger charge is 2.01. The molecule has 0 amide bonds. The molecule has 13 heavy (non-hydrogen) atoms. The van der Waals surface area contributed by atoms with Crippen LogP contribution >= 0.6 is 11.3 Å². The minimum Gasteiger partial charge on any atom is -0.311 e. The normalized spacial score (nSPS) is 14.5. The molecule has 0 fully saturated rings. The summed E-state index contributed by atoms with van der Waals surface area (Å²) in [5, 5.41) is 6.45. The van der Waals surface area contributed by atoms with Gasteiger partial charge in [0.15, 0.2) is 0 Å². The van der Waals surface area contributed by atoms with E-state index in [9.17, 15) is 0 Å². The maximum absolute atomic E-state index is 4.21. The maximum Gasteiger partial charge on any atom is 0.115 e. The van der Waals surface area contributed by atoms with Crippen LogP contribution in [0.5, 0.6) is 0 Å². The molecule has 1 heterocycles. The van der Waals surface area contributed by atoms with Crippen molar-refractivity contribution < 1.29 is 0 Å². The molecule has 0 radical (unpaired) electrons. The van der Waals surface area contributed by atoms with Gasteiger partial charge in [-0.05, 0) is 26.5 Å². The first-order valence-electron chi connectivity index (χ1n) is 4.55. The first-order chi connectivity index (χ1) is 6.24. The predicted molar refractivity (Wildman–Crippen MR) is 58.9 cm³/mol. The van der Waals surface area contributed by atoms with E-state index in [2.05, 4.69) is 37.1 Å². The van der Waals surface area contributed by atoms with Gasteiger partial charge in [0.1, 0.15) is 5.01 Å². The molecular formula is C10H16N2S. The SMILES string of the molecule is CCNC(C)/C(C)=C/c1nccs1. The maximum atomic E-state index is 4.21. The quantitative estimate of drug-likeness (QED) is 0.800. The molecule has 2 nitrogen and oxygen atoms in total. The third-order valence-corrected chi connectivity index (χ3v) is 2.72. The van der Waals surface area contributed by atoms with Crippen molar-refractivity contribution in [3.63, 3.8) is 0 Å².